The van der Waals surface area contributed by atoms with E-state index in [0.717, 1.165) is 37.2 Å². The summed E-state index contributed by atoms with van der Waals surface area (Å²) in [6.07, 6.45) is 18.5. The minimum absolute atomic E-state index is 0.316. The molecule has 1 saturated carbocycles. The molecule has 0 aromatic carbocycles. The van der Waals surface area contributed by atoms with Crippen molar-refractivity contribution in [2.75, 3.05) is 11.5 Å². The van der Waals surface area contributed by atoms with Crippen LogP contribution >= 0.6 is 11.8 Å². The smallest absolute Gasteiger partial charge is 0.328 e. The highest BCUT2D eigenvalue weighted by Crippen LogP contribution is 2.46. The van der Waals surface area contributed by atoms with Gasteiger partial charge in [0.1, 0.15) is 0 Å². The summed E-state index contributed by atoms with van der Waals surface area (Å²) in [7, 11) is 0. The van der Waals surface area contributed by atoms with E-state index in [-0.39, 0.29) is 6.10 Å². The van der Waals surface area contributed by atoms with Gasteiger partial charge in [-0.1, -0.05) is 50.3 Å². The highest BCUT2D eigenvalue weighted by molar-refractivity contribution is 7.99. The first-order valence-corrected chi connectivity index (χ1v) is 11.8. The van der Waals surface area contributed by atoms with Gasteiger partial charge in [-0.05, 0) is 43.3 Å². The maximum Gasteiger partial charge on any atom is 0.328 e. The maximum atomic E-state index is 10.5. The van der Waals surface area contributed by atoms with Gasteiger partial charge < -0.3 is 14.9 Å². The summed E-state index contributed by atoms with van der Waals surface area (Å²) in [5.74, 6) is 2.55. The van der Waals surface area contributed by atoms with Crippen LogP contribution < -0.4 is 0 Å². The van der Waals surface area contributed by atoms with Gasteiger partial charge in [-0.3, -0.25) is 0 Å². The van der Waals surface area contributed by atoms with Crippen LogP contribution in [-0.4, -0.2) is 46.0 Å². The van der Waals surface area contributed by atoms with Crippen LogP contribution in [0.5, 0.6) is 0 Å². The number of thioether (sulfide) groups is 1. The van der Waals surface area contributed by atoms with E-state index in [2.05, 4.69) is 6.08 Å². The first-order chi connectivity index (χ1) is 13.1. The predicted octanol–water partition coefficient (Wildman–Crippen LogP) is 4.43. The second-order valence-corrected chi connectivity index (χ2v) is 9.48. The molecular weight excluding hydrogens is 360 g/mol. The Bertz CT molecular complexity index is 526. The number of carboxylic acid groups (broad SMARTS) is 1. The monoisotopic (exact) mass is 394 g/mol. The Hall–Kier alpha value is -0.780. The third-order valence-corrected chi connectivity index (χ3v) is 7.36. The third-order valence-electron chi connectivity index (χ3n) is 6.41. The number of carbonyl (C=O) groups is 1. The van der Waals surface area contributed by atoms with Crippen molar-refractivity contribution < 1.29 is 19.7 Å². The summed E-state index contributed by atoms with van der Waals surface area (Å²) in [6.45, 7) is 0. The van der Waals surface area contributed by atoms with E-state index < -0.39 is 5.97 Å². The molecule has 2 saturated heterocycles. The first kappa shape index (κ1) is 20.9. The van der Waals surface area contributed by atoms with Crippen LogP contribution in [0.3, 0.4) is 0 Å². The van der Waals surface area contributed by atoms with Crippen molar-refractivity contribution >= 4 is 17.7 Å². The summed E-state index contributed by atoms with van der Waals surface area (Å²) in [5, 5.41) is 19.1. The number of hydrogen-bond acceptors (Lipinski definition) is 4. The van der Waals surface area contributed by atoms with Gasteiger partial charge in [0, 0.05) is 17.7 Å². The van der Waals surface area contributed by atoms with E-state index in [9.17, 15) is 9.90 Å². The van der Waals surface area contributed by atoms with E-state index >= 15 is 0 Å². The molecule has 0 amide bonds. The van der Waals surface area contributed by atoms with E-state index in [4.69, 9.17) is 9.84 Å². The van der Waals surface area contributed by atoms with Crippen molar-refractivity contribution in [3.05, 3.63) is 24.3 Å². The van der Waals surface area contributed by atoms with Gasteiger partial charge in [-0.2, -0.15) is 11.8 Å². The van der Waals surface area contributed by atoms with E-state index in [1.54, 1.807) is 17.8 Å². The minimum Gasteiger partial charge on any atom is -0.478 e. The van der Waals surface area contributed by atoms with Crippen LogP contribution in [0.1, 0.15) is 57.8 Å². The number of ether oxygens (including phenoxy) is 1. The Morgan fingerprint density at radius 2 is 1.93 bits per heavy atom. The van der Waals surface area contributed by atoms with Gasteiger partial charge in [-0.25, -0.2) is 4.79 Å². The van der Waals surface area contributed by atoms with Crippen LogP contribution in [0, 0.1) is 17.8 Å². The molecule has 2 N–H and O–H groups in total. The zero-order valence-electron chi connectivity index (χ0n) is 16.2. The van der Waals surface area contributed by atoms with Gasteiger partial charge >= 0.3 is 5.97 Å². The van der Waals surface area contributed by atoms with Crippen molar-refractivity contribution in [2.24, 2.45) is 17.8 Å². The molecule has 3 rings (SSSR count). The summed E-state index contributed by atoms with van der Waals surface area (Å²) < 4.78 is 6.16. The third kappa shape index (κ3) is 6.37. The molecule has 0 aromatic rings. The quantitative estimate of drug-likeness (QED) is 0.326. The van der Waals surface area contributed by atoms with Crippen molar-refractivity contribution in [3.63, 3.8) is 0 Å². The number of fused-ring (bicyclic) bond motifs is 2. The number of hydrogen-bond donors (Lipinski definition) is 2. The average molecular weight is 395 g/mol. The van der Waals surface area contributed by atoms with Crippen molar-refractivity contribution in [2.45, 2.75) is 76.1 Å². The first-order valence-electron chi connectivity index (χ1n) is 10.6. The van der Waals surface area contributed by atoms with E-state index in [1.165, 1.54) is 38.2 Å². The second kappa shape index (κ2) is 10.7. The average Bonchev–Trinajstić information content (AvgIpc) is 3.25. The standard InChI is InChI=1S/C22H34O4S/c23-17(15-16-5-2-1-3-6-16)8-9-18-19(21-11-10-20(18)26-21)12-14-27-13-4-7-22(24)25/h4,7-9,16-21,23H,1-3,5-6,10-15H2,(H,24,25)/t17?,18-,19+,20-,21+/m1/s1. The van der Waals surface area contributed by atoms with Crippen molar-refractivity contribution in [3.8, 4) is 0 Å². The minimum atomic E-state index is -0.880. The fourth-order valence-corrected chi connectivity index (χ4v) is 5.91. The number of aliphatic hydroxyl groups excluding tert-OH is 1. The van der Waals surface area contributed by atoms with Gasteiger partial charge in [-0.15, -0.1) is 0 Å². The normalized spacial score (nSPS) is 32.6. The molecule has 0 aromatic heterocycles. The molecule has 2 aliphatic heterocycles. The number of aliphatic carboxylic acids is 1. The molecule has 1 unspecified atom stereocenters. The van der Waals surface area contributed by atoms with Gasteiger partial charge in [0.15, 0.2) is 0 Å². The molecule has 5 atom stereocenters. The molecule has 5 heteroatoms. The Morgan fingerprint density at radius 3 is 2.70 bits per heavy atom. The maximum absolute atomic E-state index is 10.5. The lowest BCUT2D eigenvalue weighted by Gasteiger charge is -2.26. The Kier molecular flexibility index (Phi) is 8.28. The van der Waals surface area contributed by atoms with Crippen molar-refractivity contribution in [1.82, 2.24) is 0 Å². The molecule has 1 aliphatic carbocycles. The molecule has 4 nitrogen and oxygen atoms in total. The van der Waals surface area contributed by atoms with E-state index in [0.29, 0.717) is 30.0 Å². The van der Waals surface area contributed by atoms with Crippen LogP contribution in [0.2, 0.25) is 0 Å². The molecule has 27 heavy (non-hydrogen) atoms. The number of rotatable bonds is 10. The summed E-state index contributed by atoms with van der Waals surface area (Å²) >= 11 is 1.78. The molecule has 3 aliphatic rings. The molecule has 152 valence electrons. The Morgan fingerprint density at radius 1 is 1.15 bits per heavy atom. The number of carboxylic acids is 1. The zero-order chi connectivity index (χ0) is 19.1. The van der Waals surface area contributed by atoms with Gasteiger partial charge in [0.05, 0.1) is 18.3 Å². The molecule has 2 heterocycles. The fraction of sp³-hybridized carbons (Fsp3) is 0.773. The second-order valence-electron chi connectivity index (χ2n) is 8.33. The summed E-state index contributed by atoms with van der Waals surface area (Å²) in [6, 6.07) is 0. The zero-order valence-corrected chi connectivity index (χ0v) is 17.0. The molecule has 3 fully saturated rings. The van der Waals surface area contributed by atoms with Crippen molar-refractivity contribution in [1.29, 1.82) is 0 Å². The topological polar surface area (TPSA) is 66.8 Å². The molecule has 0 spiro atoms. The molecule has 0 radical (unpaired) electrons. The highest BCUT2D eigenvalue weighted by atomic mass is 32.2. The Labute approximate surface area is 167 Å². The largest absolute Gasteiger partial charge is 0.478 e. The van der Waals surface area contributed by atoms with Crippen LogP contribution in [-0.2, 0) is 9.53 Å². The summed E-state index contributed by atoms with van der Waals surface area (Å²) in [5.41, 5.74) is 0. The van der Waals surface area contributed by atoms with Gasteiger partial charge in [0.2, 0.25) is 0 Å². The van der Waals surface area contributed by atoms with Crippen LogP contribution in [0.25, 0.3) is 0 Å². The number of aliphatic hydroxyl groups is 1. The SMILES string of the molecule is O=C(O)C=CCSCC[C@H]1[C@@H](C=CC(O)CC2CCCCC2)[C@H]2CC[C@@H]1O2. The molecular formula is C22H34O4S. The highest BCUT2D eigenvalue weighted by Gasteiger charge is 2.47. The van der Waals surface area contributed by atoms with Crippen LogP contribution in [0.15, 0.2) is 24.3 Å². The lowest BCUT2D eigenvalue weighted by Crippen LogP contribution is -2.26. The van der Waals surface area contributed by atoms with Gasteiger partial charge in [0.25, 0.3) is 0 Å². The summed E-state index contributed by atoms with van der Waals surface area (Å²) in [4.78, 5) is 10.5. The Balaban J connectivity index is 1.43. The van der Waals surface area contributed by atoms with Crippen LogP contribution in [0.4, 0.5) is 0 Å². The van der Waals surface area contributed by atoms with E-state index in [1.807, 2.05) is 6.08 Å². The lowest BCUT2D eigenvalue weighted by atomic mass is 9.77. The molecule has 2 bridgehead atoms. The fourth-order valence-electron chi connectivity index (χ4n) is 5.08. The predicted molar refractivity (Wildman–Crippen MR) is 110 cm³/mol. The lowest BCUT2D eigenvalue weighted by molar-refractivity contribution is -0.131.